The molecule has 0 aliphatic carbocycles. The van der Waals surface area contributed by atoms with Gasteiger partial charge in [0.05, 0.1) is 12.1 Å². The van der Waals surface area contributed by atoms with E-state index in [-0.39, 0.29) is 5.76 Å². The highest BCUT2D eigenvalue weighted by molar-refractivity contribution is 7.11. The Labute approximate surface area is 127 Å². The third-order valence-electron chi connectivity index (χ3n) is 3.51. The second-order valence-corrected chi connectivity index (χ2v) is 6.16. The fraction of sp³-hybridized carbons (Fsp3) is 0.250. The maximum atomic E-state index is 10.2. The van der Waals surface area contributed by atoms with E-state index in [0.717, 1.165) is 16.3 Å². The van der Waals surface area contributed by atoms with Crippen molar-refractivity contribution in [1.82, 2.24) is 9.88 Å². The lowest BCUT2D eigenvalue weighted by Gasteiger charge is -2.18. The third kappa shape index (κ3) is 2.69. The molecule has 0 bridgehead atoms. The molecular weight excluding hydrogens is 282 g/mol. The van der Waals surface area contributed by atoms with Crippen molar-refractivity contribution in [3.8, 4) is 0 Å². The number of benzene rings is 1. The van der Waals surface area contributed by atoms with Crippen molar-refractivity contribution in [2.45, 2.75) is 20.4 Å². The topological polar surface area (TPSA) is 60.2 Å². The standard InChI is InChI=1S/C16H17N3OS/c1-10-3-5-12(6-4-10)7-19-8-13(20)14(15(19)17)16-18-11(2)9-21-16/h3-6,9,17,20H,7-8H2,1-2H3. The van der Waals surface area contributed by atoms with Gasteiger partial charge in [-0.25, -0.2) is 4.98 Å². The van der Waals surface area contributed by atoms with Gasteiger partial charge in [-0.1, -0.05) is 29.8 Å². The number of hydrogen-bond donors (Lipinski definition) is 2. The molecule has 21 heavy (non-hydrogen) atoms. The van der Waals surface area contributed by atoms with E-state index in [9.17, 15) is 5.11 Å². The number of aryl methyl sites for hydroxylation is 2. The average Bonchev–Trinajstić information content (AvgIpc) is 2.97. The first-order valence-electron chi connectivity index (χ1n) is 6.78. The zero-order chi connectivity index (χ0) is 15.0. The Bertz CT molecular complexity index is 715. The van der Waals surface area contributed by atoms with Gasteiger partial charge in [-0.2, -0.15) is 0 Å². The minimum Gasteiger partial charge on any atom is -0.510 e. The number of hydrogen-bond acceptors (Lipinski definition) is 4. The van der Waals surface area contributed by atoms with E-state index < -0.39 is 0 Å². The van der Waals surface area contributed by atoms with Gasteiger partial charge in [-0.15, -0.1) is 11.3 Å². The molecule has 5 heteroatoms. The molecule has 2 heterocycles. The molecule has 2 N–H and O–H groups in total. The highest BCUT2D eigenvalue weighted by Crippen LogP contribution is 2.30. The molecular formula is C16H17N3OS. The normalized spacial score (nSPS) is 15.1. The molecule has 1 aliphatic heterocycles. The highest BCUT2D eigenvalue weighted by Gasteiger charge is 2.29. The number of amidine groups is 1. The zero-order valence-electron chi connectivity index (χ0n) is 12.1. The SMILES string of the molecule is Cc1ccc(CN2CC(O)=C(c3nc(C)cs3)C2=N)cc1. The number of rotatable bonds is 3. The van der Waals surface area contributed by atoms with Gasteiger partial charge in [-0.3, -0.25) is 5.41 Å². The fourth-order valence-corrected chi connectivity index (χ4v) is 3.24. The molecule has 4 nitrogen and oxygen atoms in total. The quantitative estimate of drug-likeness (QED) is 0.911. The smallest absolute Gasteiger partial charge is 0.135 e. The van der Waals surface area contributed by atoms with Gasteiger partial charge in [0, 0.05) is 17.6 Å². The summed E-state index contributed by atoms with van der Waals surface area (Å²) in [5, 5.41) is 21.1. The van der Waals surface area contributed by atoms with Gasteiger partial charge in [-0.05, 0) is 19.4 Å². The summed E-state index contributed by atoms with van der Waals surface area (Å²) in [6.45, 7) is 4.97. The van der Waals surface area contributed by atoms with E-state index >= 15 is 0 Å². The minimum atomic E-state index is 0.237. The second-order valence-electron chi connectivity index (χ2n) is 5.31. The maximum Gasteiger partial charge on any atom is 0.135 e. The van der Waals surface area contributed by atoms with Gasteiger partial charge in [0.2, 0.25) is 0 Å². The van der Waals surface area contributed by atoms with Crippen LogP contribution < -0.4 is 0 Å². The van der Waals surface area contributed by atoms with E-state index in [0.29, 0.717) is 24.5 Å². The second kappa shape index (κ2) is 5.33. The van der Waals surface area contributed by atoms with Crippen LogP contribution in [0.25, 0.3) is 5.57 Å². The number of thiazole rings is 1. The van der Waals surface area contributed by atoms with Crippen LogP contribution in [0.2, 0.25) is 0 Å². The van der Waals surface area contributed by atoms with E-state index in [1.807, 2.05) is 17.2 Å². The lowest BCUT2D eigenvalue weighted by molar-refractivity contribution is 0.347. The largest absolute Gasteiger partial charge is 0.510 e. The van der Waals surface area contributed by atoms with Crippen molar-refractivity contribution in [1.29, 1.82) is 5.41 Å². The van der Waals surface area contributed by atoms with Crippen LogP contribution in [-0.2, 0) is 6.54 Å². The van der Waals surface area contributed by atoms with Crippen molar-refractivity contribution >= 4 is 22.7 Å². The summed E-state index contributed by atoms with van der Waals surface area (Å²) in [5.74, 6) is 0.587. The van der Waals surface area contributed by atoms with Crippen LogP contribution in [0.15, 0.2) is 35.4 Å². The fourth-order valence-electron chi connectivity index (χ4n) is 2.38. The summed E-state index contributed by atoms with van der Waals surface area (Å²) in [5.41, 5.74) is 3.84. The monoisotopic (exact) mass is 299 g/mol. The molecule has 1 aromatic heterocycles. The molecule has 1 aromatic carbocycles. The van der Waals surface area contributed by atoms with Crippen LogP contribution in [0.3, 0.4) is 0 Å². The van der Waals surface area contributed by atoms with Crippen molar-refractivity contribution in [2.24, 2.45) is 0 Å². The zero-order valence-corrected chi connectivity index (χ0v) is 12.9. The van der Waals surface area contributed by atoms with Gasteiger partial charge in [0.25, 0.3) is 0 Å². The summed E-state index contributed by atoms with van der Waals surface area (Å²) in [7, 11) is 0. The number of aliphatic hydroxyl groups excluding tert-OH is 1. The number of nitrogens with one attached hydrogen (secondary N) is 1. The van der Waals surface area contributed by atoms with Crippen LogP contribution in [0, 0.1) is 19.3 Å². The Kier molecular flexibility index (Phi) is 3.51. The first-order chi connectivity index (χ1) is 10.0. The summed E-state index contributed by atoms with van der Waals surface area (Å²) in [4.78, 5) is 6.25. The Morgan fingerprint density at radius 3 is 2.62 bits per heavy atom. The van der Waals surface area contributed by atoms with Crippen LogP contribution in [0.5, 0.6) is 0 Å². The lowest BCUT2D eigenvalue weighted by Crippen LogP contribution is -2.26. The van der Waals surface area contributed by atoms with Crippen LogP contribution >= 0.6 is 11.3 Å². The first-order valence-corrected chi connectivity index (χ1v) is 7.66. The molecule has 1 aliphatic rings. The molecule has 0 saturated heterocycles. The molecule has 0 unspecified atom stereocenters. The van der Waals surface area contributed by atoms with E-state index in [2.05, 4.69) is 36.2 Å². The van der Waals surface area contributed by atoms with Gasteiger partial charge in [0.15, 0.2) is 0 Å². The predicted octanol–water partition coefficient (Wildman–Crippen LogP) is 3.52. The van der Waals surface area contributed by atoms with E-state index in [1.165, 1.54) is 16.9 Å². The van der Waals surface area contributed by atoms with Crippen LogP contribution in [-0.4, -0.2) is 27.4 Å². The summed E-state index contributed by atoms with van der Waals surface area (Å²) in [6, 6.07) is 8.25. The van der Waals surface area contributed by atoms with Crippen molar-refractivity contribution in [2.75, 3.05) is 6.54 Å². The van der Waals surface area contributed by atoms with Gasteiger partial charge < -0.3 is 10.0 Å². The Morgan fingerprint density at radius 2 is 2.00 bits per heavy atom. The minimum absolute atomic E-state index is 0.237. The molecule has 0 fully saturated rings. The summed E-state index contributed by atoms with van der Waals surface area (Å²) in [6.07, 6.45) is 0. The van der Waals surface area contributed by atoms with Gasteiger partial charge in [0.1, 0.15) is 16.6 Å². The Hall–Kier alpha value is -2.14. The third-order valence-corrected chi connectivity index (χ3v) is 4.49. The van der Waals surface area contributed by atoms with Crippen LogP contribution in [0.1, 0.15) is 21.8 Å². The highest BCUT2D eigenvalue weighted by atomic mass is 32.1. The molecule has 108 valence electrons. The van der Waals surface area contributed by atoms with E-state index in [4.69, 9.17) is 5.41 Å². The van der Waals surface area contributed by atoms with Gasteiger partial charge >= 0.3 is 0 Å². The molecule has 0 radical (unpaired) electrons. The predicted molar refractivity (Wildman–Crippen MR) is 85.7 cm³/mol. The molecule has 3 rings (SSSR count). The number of aliphatic hydroxyl groups is 1. The Balaban J connectivity index is 1.80. The molecule has 0 saturated carbocycles. The molecule has 2 aromatic rings. The molecule has 0 spiro atoms. The first kappa shape index (κ1) is 13.8. The molecule has 0 atom stereocenters. The molecule has 0 amide bonds. The lowest BCUT2D eigenvalue weighted by atomic mass is 10.1. The average molecular weight is 299 g/mol. The Morgan fingerprint density at radius 1 is 1.29 bits per heavy atom. The summed E-state index contributed by atoms with van der Waals surface area (Å²) < 4.78 is 0. The summed E-state index contributed by atoms with van der Waals surface area (Å²) >= 11 is 1.47. The van der Waals surface area contributed by atoms with Crippen molar-refractivity contribution in [3.63, 3.8) is 0 Å². The number of nitrogens with zero attached hydrogens (tertiary/aromatic N) is 2. The van der Waals surface area contributed by atoms with E-state index in [1.54, 1.807) is 0 Å². The van der Waals surface area contributed by atoms with Crippen molar-refractivity contribution in [3.05, 3.63) is 57.2 Å². The maximum absolute atomic E-state index is 10.2. The van der Waals surface area contributed by atoms with Crippen molar-refractivity contribution < 1.29 is 5.11 Å². The number of aromatic nitrogens is 1. The van der Waals surface area contributed by atoms with Crippen LogP contribution in [0.4, 0.5) is 0 Å².